The number of rotatable bonds is 6. The molecule has 1 saturated carbocycles. The van der Waals surface area contributed by atoms with Crippen LogP contribution < -0.4 is 10.6 Å². The van der Waals surface area contributed by atoms with Gasteiger partial charge in [0.15, 0.2) is 5.96 Å². The van der Waals surface area contributed by atoms with Crippen LogP contribution in [-0.4, -0.2) is 66.5 Å². The van der Waals surface area contributed by atoms with E-state index >= 15 is 0 Å². The number of aliphatic imine (C=N–C) groups is 1. The highest BCUT2D eigenvalue weighted by Gasteiger charge is 2.22. The fraction of sp³-hybridized carbons (Fsp3) is 0.895. The summed E-state index contributed by atoms with van der Waals surface area (Å²) in [7, 11) is 1.76. The van der Waals surface area contributed by atoms with Crippen LogP contribution in [-0.2, 0) is 4.74 Å². The van der Waals surface area contributed by atoms with Crippen molar-refractivity contribution in [3.63, 3.8) is 0 Å². The van der Waals surface area contributed by atoms with Gasteiger partial charge in [-0.1, -0.05) is 6.92 Å². The lowest BCUT2D eigenvalue weighted by Crippen LogP contribution is -2.45. The molecule has 160 valence electrons. The summed E-state index contributed by atoms with van der Waals surface area (Å²) in [4.78, 5) is 18.3. The second-order valence-corrected chi connectivity index (χ2v) is 8.34. The summed E-state index contributed by atoms with van der Waals surface area (Å²) in [6.07, 6.45) is 3.14. The van der Waals surface area contributed by atoms with Gasteiger partial charge >= 0.3 is 6.09 Å². The number of aliphatic hydroxyl groups excluding tert-OH is 1. The van der Waals surface area contributed by atoms with Crippen LogP contribution in [0.3, 0.4) is 0 Å². The number of guanidine groups is 1. The van der Waals surface area contributed by atoms with Crippen molar-refractivity contribution in [2.75, 3.05) is 26.7 Å². The van der Waals surface area contributed by atoms with Gasteiger partial charge < -0.3 is 25.4 Å². The number of nitrogens with one attached hydrogen (secondary N) is 2. The third kappa shape index (κ3) is 11.6. The third-order valence-corrected chi connectivity index (χ3v) is 4.23. The Balaban J connectivity index is 0.00000676. The Morgan fingerprint density at radius 1 is 1.30 bits per heavy atom. The van der Waals surface area contributed by atoms with Gasteiger partial charge in [0.1, 0.15) is 5.60 Å². The summed E-state index contributed by atoms with van der Waals surface area (Å²) in [6.45, 7) is 11.7. The number of carbonyl (C=O) groups is 1. The molecule has 0 saturated heterocycles. The van der Waals surface area contributed by atoms with Gasteiger partial charge in [-0.3, -0.25) is 4.99 Å². The first-order valence-corrected chi connectivity index (χ1v) is 9.77. The highest BCUT2D eigenvalue weighted by Crippen LogP contribution is 2.18. The molecule has 1 aliphatic rings. The van der Waals surface area contributed by atoms with E-state index in [1.807, 2.05) is 27.7 Å². The molecule has 0 heterocycles. The molecule has 8 heteroatoms. The van der Waals surface area contributed by atoms with Crippen LogP contribution in [0.25, 0.3) is 0 Å². The molecule has 0 radical (unpaired) electrons. The number of amides is 1. The van der Waals surface area contributed by atoms with E-state index < -0.39 is 5.60 Å². The Kier molecular flexibility index (Phi) is 12.3. The molecule has 1 unspecified atom stereocenters. The highest BCUT2D eigenvalue weighted by atomic mass is 127. The number of halogens is 1. The predicted molar refractivity (Wildman–Crippen MR) is 121 cm³/mol. The molecule has 1 rings (SSSR count). The Hall–Kier alpha value is -0.770. The minimum absolute atomic E-state index is 0. The van der Waals surface area contributed by atoms with Crippen LogP contribution in [0.4, 0.5) is 4.79 Å². The van der Waals surface area contributed by atoms with Crippen LogP contribution in [0.5, 0.6) is 0 Å². The fourth-order valence-electron chi connectivity index (χ4n) is 2.92. The van der Waals surface area contributed by atoms with E-state index in [9.17, 15) is 9.90 Å². The number of hydrogen-bond acceptors (Lipinski definition) is 4. The Bertz CT molecular complexity index is 460. The van der Waals surface area contributed by atoms with Crippen molar-refractivity contribution in [3.05, 3.63) is 0 Å². The smallest absolute Gasteiger partial charge is 0.410 e. The Morgan fingerprint density at radius 2 is 1.89 bits per heavy atom. The zero-order chi connectivity index (χ0) is 19.7. The second kappa shape index (κ2) is 12.6. The average molecular weight is 498 g/mol. The van der Waals surface area contributed by atoms with Crippen molar-refractivity contribution in [2.24, 2.45) is 10.9 Å². The van der Waals surface area contributed by atoms with Gasteiger partial charge in [-0.25, -0.2) is 4.79 Å². The molecular weight excluding hydrogens is 459 g/mol. The van der Waals surface area contributed by atoms with Crippen LogP contribution in [0.15, 0.2) is 4.99 Å². The first-order chi connectivity index (χ1) is 12.1. The van der Waals surface area contributed by atoms with Gasteiger partial charge in [-0.2, -0.15) is 0 Å². The summed E-state index contributed by atoms with van der Waals surface area (Å²) in [6, 6.07) is 0.357. The normalized spacial score (nSPS) is 21.7. The molecule has 0 aliphatic heterocycles. The molecule has 7 nitrogen and oxygen atoms in total. The zero-order valence-electron chi connectivity index (χ0n) is 17.7. The van der Waals surface area contributed by atoms with Crippen LogP contribution >= 0.6 is 24.0 Å². The van der Waals surface area contributed by atoms with Crippen molar-refractivity contribution in [2.45, 2.75) is 78.0 Å². The number of aliphatic hydroxyl groups is 1. The monoisotopic (exact) mass is 498 g/mol. The largest absolute Gasteiger partial charge is 0.444 e. The Labute approximate surface area is 181 Å². The van der Waals surface area contributed by atoms with E-state index in [4.69, 9.17) is 4.74 Å². The zero-order valence-corrected chi connectivity index (χ0v) is 20.1. The number of hydrogen-bond donors (Lipinski definition) is 3. The van der Waals surface area contributed by atoms with Gasteiger partial charge in [-0.15, -0.1) is 24.0 Å². The van der Waals surface area contributed by atoms with Crippen molar-refractivity contribution in [1.82, 2.24) is 15.5 Å². The number of carbonyl (C=O) groups excluding carboxylic acids is 1. The highest BCUT2D eigenvalue weighted by molar-refractivity contribution is 14.0. The molecule has 1 aliphatic carbocycles. The maximum absolute atomic E-state index is 12.0. The van der Waals surface area contributed by atoms with Gasteiger partial charge in [0.25, 0.3) is 0 Å². The minimum atomic E-state index is -0.484. The van der Waals surface area contributed by atoms with Crippen LogP contribution in [0.1, 0.15) is 60.3 Å². The summed E-state index contributed by atoms with van der Waals surface area (Å²) in [5, 5.41) is 16.4. The summed E-state index contributed by atoms with van der Waals surface area (Å²) >= 11 is 0. The third-order valence-electron chi connectivity index (χ3n) is 4.23. The summed E-state index contributed by atoms with van der Waals surface area (Å²) < 4.78 is 5.38. The first kappa shape index (κ1) is 26.2. The molecule has 0 aromatic heterocycles. The van der Waals surface area contributed by atoms with Crippen molar-refractivity contribution < 1.29 is 14.6 Å². The lowest BCUT2D eigenvalue weighted by molar-refractivity contribution is 0.0279. The summed E-state index contributed by atoms with van der Waals surface area (Å²) in [5.41, 5.74) is -0.484. The van der Waals surface area contributed by atoms with E-state index in [1.54, 1.807) is 11.9 Å². The van der Waals surface area contributed by atoms with E-state index in [0.29, 0.717) is 19.1 Å². The second-order valence-electron chi connectivity index (χ2n) is 8.34. The number of ether oxygens (including phenoxy) is 1. The predicted octanol–water partition coefficient (Wildman–Crippen LogP) is 2.97. The van der Waals surface area contributed by atoms with Crippen molar-refractivity contribution >= 4 is 36.0 Å². The van der Waals surface area contributed by atoms with Crippen LogP contribution in [0.2, 0.25) is 0 Å². The molecule has 0 aromatic rings. The van der Waals surface area contributed by atoms with E-state index in [0.717, 1.165) is 38.2 Å². The quantitative estimate of drug-likeness (QED) is 0.298. The van der Waals surface area contributed by atoms with E-state index in [2.05, 4.69) is 22.5 Å². The Morgan fingerprint density at radius 3 is 2.41 bits per heavy atom. The van der Waals surface area contributed by atoms with E-state index in [1.165, 1.54) is 0 Å². The lowest BCUT2D eigenvalue weighted by Gasteiger charge is -2.28. The van der Waals surface area contributed by atoms with Gasteiger partial charge in [0.05, 0.1) is 6.10 Å². The molecule has 3 N–H and O–H groups in total. The van der Waals surface area contributed by atoms with Gasteiger partial charge in [0, 0.05) is 32.7 Å². The lowest BCUT2D eigenvalue weighted by atomic mass is 9.93. The standard InChI is InChI=1S/C19H38N4O3.HI/c1-7-20-17(22-15-8-10-16(24)11-9-15)21-12-14(2)13-23(6)18(25)26-19(3,4)5;/h14-16,24H,7-13H2,1-6H3,(H2,20,21,22);1H. The topological polar surface area (TPSA) is 86.2 Å². The molecular formula is C19H39IN4O3. The van der Waals surface area contributed by atoms with Crippen molar-refractivity contribution in [3.8, 4) is 0 Å². The van der Waals surface area contributed by atoms with Gasteiger partial charge in [-0.05, 0) is 59.3 Å². The maximum Gasteiger partial charge on any atom is 0.410 e. The molecule has 1 atom stereocenters. The van der Waals surface area contributed by atoms with Gasteiger partial charge in [0.2, 0.25) is 0 Å². The number of nitrogens with zero attached hydrogens (tertiary/aromatic N) is 2. The molecule has 0 aromatic carbocycles. The SMILES string of the molecule is CCNC(=NCC(C)CN(C)C(=O)OC(C)(C)C)NC1CCC(O)CC1.I. The minimum Gasteiger partial charge on any atom is -0.444 e. The maximum atomic E-state index is 12.0. The molecule has 0 spiro atoms. The van der Waals surface area contributed by atoms with E-state index in [-0.39, 0.29) is 42.1 Å². The first-order valence-electron chi connectivity index (χ1n) is 9.77. The van der Waals surface area contributed by atoms with Crippen LogP contribution in [0, 0.1) is 5.92 Å². The van der Waals surface area contributed by atoms with Crippen molar-refractivity contribution in [1.29, 1.82) is 0 Å². The molecule has 0 bridgehead atoms. The fourth-order valence-corrected chi connectivity index (χ4v) is 2.92. The summed E-state index contributed by atoms with van der Waals surface area (Å²) in [5.74, 6) is 1.02. The molecule has 27 heavy (non-hydrogen) atoms. The average Bonchev–Trinajstić information content (AvgIpc) is 2.53. The molecule has 1 fully saturated rings. The molecule has 1 amide bonds.